The number of nitro benzene ring substituents is 1. The van der Waals surface area contributed by atoms with Crippen LogP contribution in [0.3, 0.4) is 0 Å². The number of nitrogens with zero attached hydrogens (tertiary/aromatic N) is 1. The molecule has 0 aliphatic carbocycles. The molecule has 124 valence electrons. The predicted octanol–water partition coefficient (Wildman–Crippen LogP) is 2.31. The van der Waals surface area contributed by atoms with Crippen molar-refractivity contribution < 1.29 is 24.0 Å². The van der Waals surface area contributed by atoms with Gasteiger partial charge in [-0.3, -0.25) is 10.1 Å². The Hall–Kier alpha value is -2.42. The molecule has 1 amide bonds. The second-order valence-electron chi connectivity index (χ2n) is 4.27. The topological polar surface area (TPSA) is 108 Å². The standard InChI is InChI=1S/C14H15BrN2O6/c1-2-7-22-13(18)12(8-15)16-14(19)23-9-10-3-5-11(6-4-10)17(20)21/h2-6,12H,1,7-9H2,(H,16,19)/t12-/m0/s1. The minimum Gasteiger partial charge on any atom is -0.460 e. The molecule has 1 aromatic rings. The Kier molecular flexibility index (Phi) is 7.75. The molecule has 1 rings (SSSR count). The number of halogens is 1. The molecule has 0 heterocycles. The molecule has 1 aromatic carbocycles. The number of esters is 1. The molecule has 0 fully saturated rings. The largest absolute Gasteiger partial charge is 0.460 e. The minimum atomic E-state index is -0.890. The van der Waals surface area contributed by atoms with Crippen LogP contribution in [-0.4, -0.2) is 35.0 Å². The number of non-ortho nitro benzene ring substituents is 1. The minimum absolute atomic E-state index is 0.0435. The highest BCUT2D eigenvalue weighted by Gasteiger charge is 2.21. The Bertz CT molecular complexity index is 575. The number of alkyl carbamates (subject to hydrolysis) is 1. The van der Waals surface area contributed by atoms with Crippen LogP contribution in [0.2, 0.25) is 0 Å². The van der Waals surface area contributed by atoms with Crippen molar-refractivity contribution in [3.05, 3.63) is 52.6 Å². The SMILES string of the molecule is C=CCOC(=O)[C@H](CBr)NC(=O)OCc1ccc([N+](=O)[O-])cc1. The number of alkyl halides is 1. The lowest BCUT2D eigenvalue weighted by Crippen LogP contribution is -2.43. The van der Waals surface area contributed by atoms with E-state index in [2.05, 4.69) is 27.8 Å². The number of carbonyl (C=O) groups is 2. The molecular formula is C14H15BrN2O6. The van der Waals surface area contributed by atoms with E-state index in [1.165, 1.54) is 30.3 Å². The Morgan fingerprint density at radius 1 is 1.35 bits per heavy atom. The molecule has 0 saturated carbocycles. The Morgan fingerprint density at radius 3 is 2.52 bits per heavy atom. The van der Waals surface area contributed by atoms with E-state index in [0.29, 0.717) is 5.56 Å². The zero-order valence-electron chi connectivity index (χ0n) is 12.1. The van der Waals surface area contributed by atoms with Crippen LogP contribution in [0.15, 0.2) is 36.9 Å². The van der Waals surface area contributed by atoms with E-state index in [9.17, 15) is 19.7 Å². The van der Waals surface area contributed by atoms with Crippen molar-refractivity contribution in [1.29, 1.82) is 0 Å². The van der Waals surface area contributed by atoms with Crippen LogP contribution in [0.5, 0.6) is 0 Å². The summed E-state index contributed by atoms with van der Waals surface area (Å²) in [6.45, 7) is 3.38. The highest BCUT2D eigenvalue weighted by Crippen LogP contribution is 2.12. The molecule has 0 aromatic heterocycles. The third-order valence-electron chi connectivity index (χ3n) is 2.59. The molecule has 0 spiro atoms. The van der Waals surface area contributed by atoms with Gasteiger partial charge in [-0.1, -0.05) is 28.6 Å². The summed E-state index contributed by atoms with van der Waals surface area (Å²) in [6.07, 6.45) is 0.610. The smallest absolute Gasteiger partial charge is 0.408 e. The van der Waals surface area contributed by atoms with E-state index < -0.39 is 23.0 Å². The first-order valence-electron chi connectivity index (χ1n) is 6.48. The van der Waals surface area contributed by atoms with Gasteiger partial charge in [-0.2, -0.15) is 0 Å². The molecular weight excluding hydrogens is 372 g/mol. The zero-order valence-corrected chi connectivity index (χ0v) is 13.7. The van der Waals surface area contributed by atoms with Gasteiger partial charge in [0.15, 0.2) is 0 Å². The molecule has 23 heavy (non-hydrogen) atoms. The molecule has 0 radical (unpaired) electrons. The first-order valence-corrected chi connectivity index (χ1v) is 7.60. The third kappa shape index (κ3) is 6.47. The van der Waals surface area contributed by atoms with E-state index in [-0.39, 0.29) is 24.2 Å². The molecule has 0 aliphatic rings. The second-order valence-corrected chi connectivity index (χ2v) is 4.92. The van der Waals surface area contributed by atoms with Gasteiger partial charge >= 0.3 is 12.1 Å². The van der Waals surface area contributed by atoms with Crippen molar-refractivity contribution >= 4 is 33.7 Å². The Labute approximate surface area is 140 Å². The summed E-state index contributed by atoms with van der Waals surface area (Å²) in [6, 6.07) is 4.69. The van der Waals surface area contributed by atoms with Crippen molar-refractivity contribution in [3.8, 4) is 0 Å². The lowest BCUT2D eigenvalue weighted by atomic mass is 10.2. The predicted molar refractivity (Wildman–Crippen MR) is 85.2 cm³/mol. The Morgan fingerprint density at radius 2 is 2.00 bits per heavy atom. The molecule has 1 N–H and O–H groups in total. The van der Waals surface area contributed by atoms with Gasteiger partial charge in [-0.05, 0) is 17.7 Å². The molecule has 8 nitrogen and oxygen atoms in total. The van der Waals surface area contributed by atoms with Gasteiger partial charge in [0.2, 0.25) is 0 Å². The summed E-state index contributed by atoms with van der Waals surface area (Å²) >= 11 is 3.09. The maximum atomic E-state index is 11.6. The van der Waals surface area contributed by atoms with Crippen molar-refractivity contribution in [2.24, 2.45) is 0 Å². The first-order chi connectivity index (χ1) is 11.0. The average molecular weight is 387 g/mol. The van der Waals surface area contributed by atoms with Gasteiger partial charge in [0.25, 0.3) is 5.69 Å². The van der Waals surface area contributed by atoms with Gasteiger partial charge in [0, 0.05) is 17.5 Å². The van der Waals surface area contributed by atoms with Crippen LogP contribution >= 0.6 is 15.9 Å². The van der Waals surface area contributed by atoms with Crippen LogP contribution in [0, 0.1) is 10.1 Å². The lowest BCUT2D eigenvalue weighted by Gasteiger charge is -2.14. The molecule has 9 heteroatoms. The highest BCUT2D eigenvalue weighted by atomic mass is 79.9. The van der Waals surface area contributed by atoms with E-state index >= 15 is 0 Å². The van der Waals surface area contributed by atoms with Gasteiger partial charge in [-0.25, -0.2) is 9.59 Å². The Balaban J connectivity index is 2.47. The summed E-state index contributed by atoms with van der Waals surface area (Å²) in [5.41, 5.74) is 0.526. The van der Waals surface area contributed by atoms with Crippen molar-refractivity contribution in [2.45, 2.75) is 12.6 Å². The summed E-state index contributed by atoms with van der Waals surface area (Å²) in [4.78, 5) is 33.3. The van der Waals surface area contributed by atoms with Crippen molar-refractivity contribution in [1.82, 2.24) is 5.32 Å². The van der Waals surface area contributed by atoms with E-state index in [1.54, 1.807) is 0 Å². The van der Waals surface area contributed by atoms with Crippen LogP contribution in [0.25, 0.3) is 0 Å². The van der Waals surface area contributed by atoms with Crippen molar-refractivity contribution in [2.75, 3.05) is 11.9 Å². The number of hydrogen-bond donors (Lipinski definition) is 1. The van der Waals surface area contributed by atoms with Crippen molar-refractivity contribution in [3.63, 3.8) is 0 Å². The van der Waals surface area contributed by atoms with Crippen LogP contribution < -0.4 is 5.32 Å². The number of nitro groups is 1. The third-order valence-corrected chi connectivity index (χ3v) is 3.24. The molecule has 0 aliphatic heterocycles. The average Bonchev–Trinajstić information content (AvgIpc) is 2.55. The maximum absolute atomic E-state index is 11.6. The second kappa shape index (κ2) is 9.57. The number of carbonyl (C=O) groups excluding carboxylic acids is 2. The lowest BCUT2D eigenvalue weighted by molar-refractivity contribution is -0.384. The quantitative estimate of drug-likeness (QED) is 0.241. The van der Waals surface area contributed by atoms with Crippen LogP contribution in [-0.2, 0) is 20.9 Å². The fourth-order valence-electron chi connectivity index (χ4n) is 1.45. The van der Waals surface area contributed by atoms with Gasteiger partial charge in [-0.15, -0.1) is 0 Å². The number of benzene rings is 1. The van der Waals surface area contributed by atoms with E-state index in [4.69, 9.17) is 9.47 Å². The van der Waals surface area contributed by atoms with Gasteiger partial charge in [0.05, 0.1) is 4.92 Å². The number of hydrogen-bond acceptors (Lipinski definition) is 6. The van der Waals surface area contributed by atoms with Crippen LogP contribution in [0.1, 0.15) is 5.56 Å². The summed E-state index contributed by atoms with van der Waals surface area (Å²) in [5, 5.41) is 13.0. The summed E-state index contributed by atoms with van der Waals surface area (Å²) in [7, 11) is 0. The number of ether oxygens (including phenoxy) is 2. The van der Waals surface area contributed by atoms with Crippen LogP contribution in [0.4, 0.5) is 10.5 Å². The number of amides is 1. The molecule has 1 atom stereocenters. The van der Waals surface area contributed by atoms with E-state index in [1.807, 2.05) is 0 Å². The monoisotopic (exact) mass is 386 g/mol. The highest BCUT2D eigenvalue weighted by molar-refractivity contribution is 9.09. The van der Waals surface area contributed by atoms with Gasteiger partial charge < -0.3 is 14.8 Å². The summed E-state index contributed by atoms with van der Waals surface area (Å²) < 4.78 is 9.77. The zero-order chi connectivity index (χ0) is 17.2. The van der Waals surface area contributed by atoms with Gasteiger partial charge in [0.1, 0.15) is 19.3 Å². The number of rotatable bonds is 8. The first kappa shape index (κ1) is 18.6. The molecule has 0 saturated heterocycles. The normalized spacial score (nSPS) is 11.2. The fourth-order valence-corrected chi connectivity index (χ4v) is 1.88. The fraction of sp³-hybridized carbons (Fsp3) is 0.286. The molecule has 0 bridgehead atoms. The summed E-state index contributed by atoms with van der Waals surface area (Å²) in [5.74, 6) is -0.617. The van der Waals surface area contributed by atoms with E-state index in [0.717, 1.165) is 0 Å². The maximum Gasteiger partial charge on any atom is 0.408 e. The molecule has 0 unspecified atom stereocenters. The number of nitrogens with one attached hydrogen (secondary N) is 1.